The normalized spacial score (nSPS) is 11.7. The minimum atomic E-state index is -3.79. The quantitative estimate of drug-likeness (QED) is 0.822. The van der Waals surface area contributed by atoms with E-state index < -0.39 is 20.6 Å². The van der Waals surface area contributed by atoms with E-state index in [0.29, 0.717) is 0 Å². The zero-order valence-electron chi connectivity index (χ0n) is 8.90. The molecular weight excluding hydrogens is 254 g/mol. The molecule has 1 aromatic rings. The molecule has 0 radical (unpaired) electrons. The fourth-order valence-corrected chi connectivity index (χ4v) is 2.83. The van der Waals surface area contributed by atoms with E-state index in [1.807, 2.05) is 0 Å². The van der Waals surface area contributed by atoms with Crippen molar-refractivity contribution >= 4 is 21.4 Å². The summed E-state index contributed by atoms with van der Waals surface area (Å²) in [7, 11) is -3.79. The van der Waals surface area contributed by atoms with Crippen LogP contribution in [0.4, 0.5) is 0 Å². The number of alkyl halides is 1. The lowest BCUT2D eigenvalue weighted by molar-refractivity contribution is 0.407. The largest absolute Gasteiger partial charge is 0.494 e. The van der Waals surface area contributed by atoms with Gasteiger partial charge in [0.15, 0.2) is 15.7 Å². The van der Waals surface area contributed by atoms with Gasteiger partial charge in [-0.25, -0.2) is 8.42 Å². The van der Waals surface area contributed by atoms with Crippen LogP contribution in [-0.4, -0.2) is 23.3 Å². The lowest BCUT2D eigenvalue weighted by Crippen LogP contribution is -2.27. The van der Waals surface area contributed by atoms with E-state index in [1.165, 1.54) is 13.0 Å². The van der Waals surface area contributed by atoms with Crippen LogP contribution in [0.15, 0.2) is 15.8 Å². The van der Waals surface area contributed by atoms with Gasteiger partial charge in [-0.1, -0.05) is 0 Å². The van der Waals surface area contributed by atoms with Crippen molar-refractivity contribution < 1.29 is 13.5 Å². The smallest absolute Gasteiger partial charge is 0.272 e. The fraction of sp³-hybridized carbons (Fsp3) is 0.444. The highest BCUT2D eigenvalue weighted by atomic mass is 35.5. The highest BCUT2D eigenvalue weighted by Gasteiger charge is 2.22. The summed E-state index contributed by atoms with van der Waals surface area (Å²) in [6, 6.07) is 1.24. The first-order valence-corrected chi connectivity index (χ1v) is 6.76. The Balaban J connectivity index is 3.73. The number of aryl methyl sites for hydroxylation is 1. The van der Waals surface area contributed by atoms with Crippen LogP contribution in [-0.2, 0) is 16.4 Å². The Morgan fingerprint density at radius 3 is 2.50 bits per heavy atom. The Kier molecular flexibility index (Phi) is 3.64. The molecule has 0 aromatic carbocycles. The molecule has 0 unspecified atom stereocenters. The van der Waals surface area contributed by atoms with Crippen LogP contribution in [0.5, 0.6) is 5.88 Å². The zero-order valence-corrected chi connectivity index (χ0v) is 10.5. The number of nitrogens with zero attached hydrogens (tertiary/aromatic N) is 1. The van der Waals surface area contributed by atoms with E-state index in [0.717, 1.165) is 4.57 Å². The molecule has 1 N–H and O–H groups in total. The van der Waals surface area contributed by atoms with Crippen molar-refractivity contribution in [3.63, 3.8) is 0 Å². The van der Waals surface area contributed by atoms with Gasteiger partial charge in [0.1, 0.15) is 10.1 Å². The molecule has 0 aliphatic carbocycles. The molecule has 0 saturated carbocycles. The van der Waals surface area contributed by atoms with Crippen molar-refractivity contribution in [3.05, 3.63) is 22.0 Å². The average molecular weight is 266 g/mol. The number of hydrogen-bond acceptors (Lipinski definition) is 4. The van der Waals surface area contributed by atoms with Gasteiger partial charge in [-0.3, -0.25) is 9.36 Å². The van der Waals surface area contributed by atoms with Crippen LogP contribution < -0.4 is 5.56 Å². The summed E-state index contributed by atoms with van der Waals surface area (Å²) in [5, 5.41) is 8.82. The Morgan fingerprint density at radius 1 is 1.50 bits per heavy atom. The summed E-state index contributed by atoms with van der Waals surface area (Å²) in [6.07, 6.45) is 0. The van der Waals surface area contributed by atoms with Gasteiger partial charge < -0.3 is 5.11 Å². The molecule has 16 heavy (non-hydrogen) atoms. The van der Waals surface area contributed by atoms with Crippen LogP contribution >= 0.6 is 11.6 Å². The van der Waals surface area contributed by atoms with Gasteiger partial charge in [0.25, 0.3) is 5.56 Å². The Labute approximate surface area is 98.2 Å². The van der Waals surface area contributed by atoms with Gasteiger partial charge in [0, 0.05) is 12.6 Å². The van der Waals surface area contributed by atoms with Crippen LogP contribution in [0.25, 0.3) is 0 Å². The van der Waals surface area contributed by atoms with Gasteiger partial charge in [-0.15, -0.1) is 11.6 Å². The Hall–Kier alpha value is -1.01. The molecule has 1 rings (SSSR count). The summed E-state index contributed by atoms with van der Waals surface area (Å²) < 4.78 is 24.2. The molecule has 90 valence electrons. The molecule has 1 aromatic heterocycles. The number of hydrogen-bond donors (Lipinski definition) is 1. The Morgan fingerprint density at radius 2 is 2.06 bits per heavy atom. The minimum Gasteiger partial charge on any atom is -0.494 e. The Bertz CT molecular complexity index is 562. The topological polar surface area (TPSA) is 76.4 Å². The average Bonchev–Trinajstić information content (AvgIpc) is 2.17. The van der Waals surface area contributed by atoms with Gasteiger partial charge in [0.2, 0.25) is 0 Å². The number of sulfone groups is 1. The number of rotatable bonds is 3. The van der Waals surface area contributed by atoms with E-state index in [-0.39, 0.29) is 22.9 Å². The van der Waals surface area contributed by atoms with E-state index in [9.17, 15) is 18.3 Å². The zero-order chi connectivity index (χ0) is 12.5. The van der Waals surface area contributed by atoms with Gasteiger partial charge >= 0.3 is 0 Å². The summed E-state index contributed by atoms with van der Waals surface area (Å²) in [4.78, 5) is 11.5. The molecule has 0 aliphatic rings. The first-order valence-electron chi connectivity index (χ1n) is 4.57. The van der Waals surface area contributed by atoms with Gasteiger partial charge in [-0.05, 0) is 19.4 Å². The summed E-state index contributed by atoms with van der Waals surface area (Å²) >= 11 is 5.31. The minimum absolute atomic E-state index is 0.190. The first-order chi connectivity index (χ1) is 7.35. The molecule has 0 atom stereocenters. The van der Waals surface area contributed by atoms with Crippen molar-refractivity contribution in [2.45, 2.75) is 25.3 Å². The lowest BCUT2D eigenvalue weighted by Gasteiger charge is -2.10. The van der Waals surface area contributed by atoms with Crippen molar-refractivity contribution in [2.24, 2.45) is 0 Å². The summed E-state index contributed by atoms with van der Waals surface area (Å²) in [5.74, 6) is -0.251. The standard InChI is InChI=1S/C9H12ClNO4S/c1-3-11-7(12)4-6(2)8(9(11)13)16(14,15)5-10/h4,12H,3,5H2,1-2H3. The molecule has 0 saturated heterocycles. The third-order valence-electron chi connectivity index (χ3n) is 2.19. The molecule has 0 amide bonds. The SMILES string of the molecule is CCn1c(O)cc(C)c(S(=O)(=O)CCl)c1=O. The predicted octanol–water partition coefficient (Wildman–Crippen LogP) is 0.852. The van der Waals surface area contributed by atoms with E-state index in [1.54, 1.807) is 6.92 Å². The van der Waals surface area contributed by atoms with Crippen molar-refractivity contribution in [2.75, 3.05) is 5.21 Å². The molecule has 0 aliphatic heterocycles. The van der Waals surface area contributed by atoms with Crippen LogP contribution in [0, 0.1) is 6.92 Å². The summed E-state index contributed by atoms with van der Waals surface area (Å²) in [5.41, 5.74) is -0.534. The second-order valence-corrected chi connectivity index (χ2v) is 5.80. The first kappa shape index (κ1) is 13.1. The second kappa shape index (κ2) is 4.47. The fourth-order valence-electron chi connectivity index (χ4n) is 1.47. The van der Waals surface area contributed by atoms with Gasteiger partial charge in [0.05, 0.1) is 0 Å². The number of aromatic nitrogens is 1. The molecule has 0 spiro atoms. The monoisotopic (exact) mass is 265 g/mol. The van der Waals surface area contributed by atoms with Gasteiger partial charge in [-0.2, -0.15) is 0 Å². The van der Waals surface area contributed by atoms with Crippen molar-refractivity contribution in [3.8, 4) is 5.88 Å². The lowest BCUT2D eigenvalue weighted by atomic mass is 10.3. The molecule has 1 heterocycles. The maximum absolute atomic E-state index is 11.8. The van der Waals surface area contributed by atoms with Crippen LogP contribution in [0.1, 0.15) is 12.5 Å². The van der Waals surface area contributed by atoms with Crippen LogP contribution in [0.2, 0.25) is 0 Å². The predicted molar refractivity (Wildman–Crippen MR) is 60.7 cm³/mol. The molecule has 0 fully saturated rings. The highest BCUT2D eigenvalue weighted by Crippen LogP contribution is 2.17. The third kappa shape index (κ3) is 2.08. The van der Waals surface area contributed by atoms with E-state index in [2.05, 4.69) is 0 Å². The van der Waals surface area contributed by atoms with Crippen molar-refractivity contribution in [1.82, 2.24) is 4.57 Å². The number of aromatic hydroxyl groups is 1. The summed E-state index contributed by atoms with van der Waals surface area (Å²) in [6.45, 7) is 3.27. The van der Waals surface area contributed by atoms with E-state index in [4.69, 9.17) is 11.6 Å². The third-order valence-corrected chi connectivity index (χ3v) is 4.46. The molecule has 5 nitrogen and oxygen atoms in total. The maximum Gasteiger partial charge on any atom is 0.272 e. The maximum atomic E-state index is 11.8. The molecular formula is C9H12ClNO4S. The molecule has 0 bridgehead atoms. The van der Waals surface area contributed by atoms with Crippen molar-refractivity contribution in [1.29, 1.82) is 0 Å². The van der Waals surface area contributed by atoms with Crippen LogP contribution in [0.3, 0.4) is 0 Å². The number of halogens is 1. The van der Waals surface area contributed by atoms with E-state index >= 15 is 0 Å². The molecule has 7 heteroatoms. The number of pyridine rings is 1. The highest BCUT2D eigenvalue weighted by molar-refractivity contribution is 7.92. The second-order valence-electron chi connectivity index (χ2n) is 3.29.